The van der Waals surface area contributed by atoms with Gasteiger partial charge >= 0.3 is 6.18 Å². The highest BCUT2D eigenvalue weighted by Crippen LogP contribution is 2.39. The molecule has 140 valence electrons. The van der Waals surface area contributed by atoms with Crippen molar-refractivity contribution in [2.45, 2.75) is 44.7 Å². The molecule has 2 atom stereocenters. The third-order valence-corrected chi connectivity index (χ3v) is 5.09. The second-order valence-electron chi connectivity index (χ2n) is 7.26. The van der Waals surface area contributed by atoms with Gasteiger partial charge in [0.05, 0.1) is 11.1 Å². The first-order valence-corrected chi connectivity index (χ1v) is 8.89. The number of anilines is 1. The Hall–Kier alpha value is -2.24. The molecule has 1 amide bonds. The van der Waals surface area contributed by atoms with E-state index in [0.29, 0.717) is 17.5 Å². The Bertz CT molecular complexity index is 795. The number of hydrogen-bond acceptors (Lipinski definition) is 1. The number of nitrogens with one attached hydrogen (secondary N) is 1. The summed E-state index contributed by atoms with van der Waals surface area (Å²) in [6.45, 7) is 2.22. The Morgan fingerprint density at radius 2 is 1.92 bits per heavy atom. The fourth-order valence-electron chi connectivity index (χ4n) is 3.86. The van der Waals surface area contributed by atoms with Gasteiger partial charge in [-0.1, -0.05) is 38.0 Å². The number of carbonyl (C=O) groups excluding carboxylic acids is 1. The van der Waals surface area contributed by atoms with Crippen molar-refractivity contribution in [2.75, 3.05) is 5.32 Å². The Balaban J connectivity index is 1.87. The van der Waals surface area contributed by atoms with Gasteiger partial charge in [0.15, 0.2) is 0 Å². The van der Waals surface area contributed by atoms with Gasteiger partial charge in [0.1, 0.15) is 0 Å². The van der Waals surface area contributed by atoms with Crippen LogP contribution in [0.2, 0.25) is 0 Å². The zero-order valence-corrected chi connectivity index (χ0v) is 14.9. The van der Waals surface area contributed by atoms with E-state index in [0.717, 1.165) is 31.0 Å². The van der Waals surface area contributed by atoms with Crippen LogP contribution in [0.1, 0.15) is 60.0 Å². The first kappa shape index (κ1) is 18.5. The van der Waals surface area contributed by atoms with E-state index in [1.165, 1.54) is 24.2 Å². The summed E-state index contributed by atoms with van der Waals surface area (Å²) < 4.78 is 40.8. The third-order valence-electron chi connectivity index (χ3n) is 5.09. The molecule has 1 aliphatic carbocycles. The highest BCUT2D eigenvalue weighted by molar-refractivity contribution is 6.05. The number of alkyl halides is 3. The standard InChI is InChI=1S/C20H23F3N2O/c1-13-6-5-7-14(10-13)15-8-3-4-9-18(15)24-19(26)16-11-25(2)12-17(16)20(21,22)23/h3-4,8-9,11-14H,5-7,10H2,1-2H3,(H,24,26). The molecule has 0 saturated heterocycles. The molecule has 1 aliphatic rings. The van der Waals surface area contributed by atoms with Crippen molar-refractivity contribution >= 4 is 11.6 Å². The molecule has 1 fully saturated rings. The van der Waals surface area contributed by atoms with Crippen LogP contribution in [-0.2, 0) is 13.2 Å². The number of amides is 1. The van der Waals surface area contributed by atoms with Gasteiger partial charge in [-0.2, -0.15) is 13.2 Å². The molecule has 1 heterocycles. The number of aryl methyl sites for hydroxylation is 1. The molecule has 1 saturated carbocycles. The van der Waals surface area contributed by atoms with E-state index >= 15 is 0 Å². The molecular weight excluding hydrogens is 341 g/mol. The SMILES string of the molecule is CC1CCCC(c2ccccc2NC(=O)c2cn(C)cc2C(F)(F)F)C1. The Morgan fingerprint density at radius 1 is 1.19 bits per heavy atom. The number of benzene rings is 1. The fraction of sp³-hybridized carbons (Fsp3) is 0.450. The van der Waals surface area contributed by atoms with E-state index in [9.17, 15) is 18.0 Å². The molecule has 0 bridgehead atoms. The number of halogens is 3. The maximum Gasteiger partial charge on any atom is 0.418 e. The van der Waals surface area contributed by atoms with Gasteiger partial charge in [0.2, 0.25) is 0 Å². The fourth-order valence-corrected chi connectivity index (χ4v) is 3.86. The summed E-state index contributed by atoms with van der Waals surface area (Å²) in [5, 5.41) is 2.71. The van der Waals surface area contributed by atoms with Crippen molar-refractivity contribution in [3.63, 3.8) is 0 Å². The summed E-state index contributed by atoms with van der Waals surface area (Å²) in [5.74, 6) is 0.214. The van der Waals surface area contributed by atoms with Crippen LogP contribution in [-0.4, -0.2) is 10.5 Å². The van der Waals surface area contributed by atoms with Crippen molar-refractivity contribution in [1.29, 1.82) is 0 Å². The molecule has 2 aromatic rings. The highest BCUT2D eigenvalue weighted by atomic mass is 19.4. The summed E-state index contributed by atoms with van der Waals surface area (Å²) in [4.78, 5) is 12.6. The van der Waals surface area contributed by atoms with E-state index < -0.39 is 17.6 Å². The Kier molecular flexibility index (Phi) is 5.12. The van der Waals surface area contributed by atoms with Crippen LogP contribution in [0.15, 0.2) is 36.7 Å². The lowest BCUT2D eigenvalue weighted by Crippen LogP contribution is -2.19. The lowest BCUT2D eigenvalue weighted by molar-refractivity contribution is -0.137. The number of hydrogen-bond donors (Lipinski definition) is 1. The third kappa shape index (κ3) is 3.94. The van der Waals surface area contributed by atoms with Gasteiger partial charge in [-0.25, -0.2) is 0 Å². The summed E-state index contributed by atoms with van der Waals surface area (Å²) in [6, 6.07) is 7.44. The summed E-state index contributed by atoms with van der Waals surface area (Å²) in [5.41, 5.74) is 0.346. The second-order valence-corrected chi connectivity index (χ2v) is 7.26. The van der Waals surface area contributed by atoms with E-state index in [-0.39, 0.29) is 5.56 Å². The predicted octanol–water partition coefficient (Wildman–Crippen LogP) is 5.59. The zero-order valence-electron chi connectivity index (χ0n) is 14.9. The van der Waals surface area contributed by atoms with Crippen LogP contribution >= 0.6 is 0 Å². The molecular formula is C20H23F3N2O. The average Bonchev–Trinajstić information content (AvgIpc) is 2.98. The van der Waals surface area contributed by atoms with Crippen LogP contribution in [0.3, 0.4) is 0 Å². The first-order valence-electron chi connectivity index (χ1n) is 8.89. The van der Waals surface area contributed by atoms with Gasteiger partial charge in [-0.15, -0.1) is 0 Å². The Labute approximate surface area is 151 Å². The number of rotatable bonds is 3. The zero-order chi connectivity index (χ0) is 18.9. The summed E-state index contributed by atoms with van der Waals surface area (Å²) in [6.07, 6.45) is 1.98. The summed E-state index contributed by atoms with van der Waals surface area (Å²) in [7, 11) is 1.48. The van der Waals surface area contributed by atoms with E-state index in [1.54, 1.807) is 12.1 Å². The maximum atomic E-state index is 13.2. The lowest BCUT2D eigenvalue weighted by Gasteiger charge is -2.28. The molecule has 1 aromatic carbocycles. The number of aromatic nitrogens is 1. The van der Waals surface area contributed by atoms with E-state index in [4.69, 9.17) is 0 Å². The largest absolute Gasteiger partial charge is 0.418 e. The molecule has 3 rings (SSSR count). The molecule has 2 unspecified atom stereocenters. The Morgan fingerprint density at radius 3 is 2.62 bits per heavy atom. The van der Waals surface area contributed by atoms with Gasteiger partial charge in [0.25, 0.3) is 5.91 Å². The topological polar surface area (TPSA) is 34.0 Å². The normalized spacial score (nSPS) is 20.8. The second kappa shape index (κ2) is 7.17. The number of nitrogens with zero attached hydrogens (tertiary/aromatic N) is 1. The smallest absolute Gasteiger partial charge is 0.356 e. The van der Waals surface area contributed by atoms with Crippen molar-refractivity contribution < 1.29 is 18.0 Å². The van der Waals surface area contributed by atoms with Crippen molar-refractivity contribution in [1.82, 2.24) is 4.57 Å². The van der Waals surface area contributed by atoms with Crippen molar-refractivity contribution in [3.8, 4) is 0 Å². The van der Waals surface area contributed by atoms with Gasteiger partial charge in [0, 0.05) is 25.1 Å². The molecule has 26 heavy (non-hydrogen) atoms. The minimum atomic E-state index is -4.56. The molecule has 0 aliphatic heterocycles. The quantitative estimate of drug-likeness (QED) is 0.757. The van der Waals surface area contributed by atoms with Crippen LogP contribution in [0.4, 0.5) is 18.9 Å². The minimum absolute atomic E-state index is 0.327. The molecule has 1 N–H and O–H groups in total. The number of carbonyl (C=O) groups is 1. The van der Waals surface area contributed by atoms with E-state index in [2.05, 4.69) is 12.2 Å². The van der Waals surface area contributed by atoms with E-state index in [1.807, 2.05) is 12.1 Å². The minimum Gasteiger partial charge on any atom is -0.356 e. The van der Waals surface area contributed by atoms with Crippen LogP contribution < -0.4 is 5.32 Å². The predicted molar refractivity (Wildman–Crippen MR) is 95.2 cm³/mol. The van der Waals surface area contributed by atoms with Crippen LogP contribution in [0.25, 0.3) is 0 Å². The van der Waals surface area contributed by atoms with Gasteiger partial charge < -0.3 is 9.88 Å². The first-order chi connectivity index (χ1) is 12.3. The molecule has 0 radical (unpaired) electrons. The van der Waals surface area contributed by atoms with Gasteiger partial charge in [-0.05, 0) is 36.3 Å². The monoisotopic (exact) mass is 364 g/mol. The maximum absolute atomic E-state index is 13.2. The molecule has 6 heteroatoms. The van der Waals surface area contributed by atoms with Crippen LogP contribution in [0, 0.1) is 5.92 Å². The molecule has 1 aromatic heterocycles. The highest BCUT2D eigenvalue weighted by Gasteiger charge is 2.37. The van der Waals surface area contributed by atoms with Crippen molar-refractivity contribution in [3.05, 3.63) is 53.3 Å². The summed E-state index contributed by atoms with van der Waals surface area (Å²) >= 11 is 0. The van der Waals surface area contributed by atoms with Gasteiger partial charge in [-0.3, -0.25) is 4.79 Å². The molecule has 0 spiro atoms. The van der Waals surface area contributed by atoms with Crippen molar-refractivity contribution in [2.24, 2.45) is 13.0 Å². The molecule has 3 nitrogen and oxygen atoms in total. The number of para-hydroxylation sites is 1. The van der Waals surface area contributed by atoms with Crippen LogP contribution in [0.5, 0.6) is 0 Å². The lowest BCUT2D eigenvalue weighted by atomic mass is 9.78. The average molecular weight is 364 g/mol.